The van der Waals surface area contributed by atoms with Crippen molar-refractivity contribution in [3.8, 4) is 11.3 Å². The van der Waals surface area contributed by atoms with E-state index in [0.29, 0.717) is 23.0 Å². The van der Waals surface area contributed by atoms with E-state index >= 15 is 0 Å². The lowest BCUT2D eigenvalue weighted by molar-refractivity contribution is 0.452. The smallest absolute Gasteiger partial charge is 0.159 e. The van der Waals surface area contributed by atoms with Crippen LogP contribution in [0.15, 0.2) is 24.3 Å². The molecule has 22 heavy (non-hydrogen) atoms. The summed E-state index contributed by atoms with van der Waals surface area (Å²) in [5.74, 6) is -0.641. The van der Waals surface area contributed by atoms with Gasteiger partial charge in [0.2, 0.25) is 0 Å². The van der Waals surface area contributed by atoms with Gasteiger partial charge in [-0.15, -0.1) is 12.4 Å². The molecule has 1 fully saturated rings. The van der Waals surface area contributed by atoms with Crippen molar-refractivity contribution in [2.75, 3.05) is 13.1 Å². The molecule has 1 aromatic carbocycles. The van der Waals surface area contributed by atoms with Gasteiger partial charge >= 0.3 is 0 Å². The first-order valence-electron chi connectivity index (χ1n) is 7.15. The molecule has 0 bridgehead atoms. The van der Waals surface area contributed by atoms with Gasteiger partial charge in [-0.2, -0.15) is 0 Å². The van der Waals surface area contributed by atoms with Gasteiger partial charge in [0.05, 0.1) is 5.69 Å². The predicted molar refractivity (Wildman–Crippen MR) is 84.2 cm³/mol. The van der Waals surface area contributed by atoms with Gasteiger partial charge in [0.25, 0.3) is 0 Å². The molecule has 6 heteroatoms. The Hall–Kier alpha value is -1.59. The topological polar surface area (TPSA) is 37.8 Å². The molecule has 3 rings (SSSR count). The fourth-order valence-electron chi connectivity index (χ4n) is 2.72. The summed E-state index contributed by atoms with van der Waals surface area (Å²) >= 11 is 0. The summed E-state index contributed by atoms with van der Waals surface area (Å²) in [7, 11) is 0. The number of rotatable bonds is 2. The number of piperidine rings is 1. The summed E-state index contributed by atoms with van der Waals surface area (Å²) in [5, 5.41) is 3.32. The van der Waals surface area contributed by atoms with Crippen LogP contribution in [0.1, 0.15) is 30.3 Å². The zero-order chi connectivity index (χ0) is 14.8. The van der Waals surface area contributed by atoms with Gasteiger partial charge in [-0.05, 0) is 57.1 Å². The molecular formula is C16H18ClF2N3. The van der Waals surface area contributed by atoms with Gasteiger partial charge in [-0.3, -0.25) is 0 Å². The van der Waals surface area contributed by atoms with Crippen molar-refractivity contribution in [2.24, 2.45) is 0 Å². The van der Waals surface area contributed by atoms with Crippen LogP contribution in [0.4, 0.5) is 8.78 Å². The van der Waals surface area contributed by atoms with Gasteiger partial charge in [-0.1, -0.05) is 0 Å². The first-order valence-corrected chi connectivity index (χ1v) is 7.15. The zero-order valence-corrected chi connectivity index (χ0v) is 13.1. The predicted octanol–water partition coefficient (Wildman–Crippen LogP) is 3.62. The minimum Gasteiger partial charge on any atom is -0.317 e. The molecule has 2 aromatic rings. The molecule has 0 aliphatic carbocycles. The van der Waals surface area contributed by atoms with E-state index in [1.54, 1.807) is 6.07 Å². The molecule has 0 amide bonds. The second kappa shape index (κ2) is 7.11. The molecule has 0 saturated carbocycles. The highest BCUT2D eigenvalue weighted by molar-refractivity contribution is 5.85. The fraction of sp³-hybridized carbons (Fsp3) is 0.375. The number of nitrogens with one attached hydrogen (secondary N) is 1. The Labute approximate surface area is 134 Å². The molecule has 3 nitrogen and oxygen atoms in total. The molecule has 0 spiro atoms. The lowest BCUT2D eigenvalue weighted by atomic mass is 9.93. The number of aryl methyl sites for hydroxylation is 1. The molecule has 118 valence electrons. The molecule has 0 radical (unpaired) electrons. The van der Waals surface area contributed by atoms with Crippen molar-refractivity contribution >= 4 is 12.4 Å². The van der Waals surface area contributed by atoms with Gasteiger partial charge in [0.15, 0.2) is 11.6 Å². The SMILES string of the molecule is Cc1nc(-c2ccc(F)c(F)c2)cc(C2CCNCC2)n1.Cl. The van der Waals surface area contributed by atoms with Crippen LogP contribution in [-0.4, -0.2) is 23.1 Å². The third kappa shape index (κ3) is 3.59. The Morgan fingerprint density at radius 3 is 2.45 bits per heavy atom. The number of aromatic nitrogens is 2. The normalized spacial score (nSPS) is 15.4. The van der Waals surface area contributed by atoms with Crippen molar-refractivity contribution in [3.05, 3.63) is 47.4 Å². The van der Waals surface area contributed by atoms with Gasteiger partial charge in [0.1, 0.15) is 5.82 Å². The van der Waals surface area contributed by atoms with E-state index in [9.17, 15) is 8.78 Å². The molecule has 1 N–H and O–H groups in total. The van der Waals surface area contributed by atoms with E-state index in [1.165, 1.54) is 6.07 Å². The number of nitrogens with zero attached hydrogens (tertiary/aromatic N) is 2. The fourth-order valence-corrected chi connectivity index (χ4v) is 2.72. The monoisotopic (exact) mass is 325 g/mol. The molecular weight excluding hydrogens is 308 g/mol. The minimum absolute atomic E-state index is 0. The van der Waals surface area contributed by atoms with Crippen LogP contribution >= 0.6 is 12.4 Å². The Kier molecular flexibility index (Phi) is 5.42. The maximum atomic E-state index is 13.4. The summed E-state index contributed by atoms with van der Waals surface area (Å²) < 4.78 is 26.4. The Morgan fingerprint density at radius 1 is 1.05 bits per heavy atom. The average molecular weight is 326 g/mol. The summed E-state index contributed by atoms with van der Waals surface area (Å²) in [6, 6.07) is 5.76. The van der Waals surface area contributed by atoms with Crippen LogP contribution < -0.4 is 5.32 Å². The molecule has 1 aromatic heterocycles. The van der Waals surface area contributed by atoms with Crippen LogP contribution in [0.2, 0.25) is 0 Å². The highest BCUT2D eigenvalue weighted by Gasteiger charge is 2.18. The van der Waals surface area contributed by atoms with E-state index in [-0.39, 0.29) is 12.4 Å². The van der Waals surface area contributed by atoms with Crippen LogP contribution in [0, 0.1) is 18.6 Å². The van der Waals surface area contributed by atoms with Crippen LogP contribution in [0.3, 0.4) is 0 Å². The third-order valence-electron chi connectivity index (χ3n) is 3.83. The first kappa shape index (κ1) is 16.8. The van der Waals surface area contributed by atoms with E-state index in [0.717, 1.165) is 37.7 Å². The molecule has 0 atom stereocenters. The largest absolute Gasteiger partial charge is 0.317 e. The standard InChI is InChI=1S/C16H17F2N3.ClH/c1-10-20-15(11-4-6-19-7-5-11)9-16(21-10)12-2-3-13(17)14(18)8-12;/h2-3,8-9,11,19H,4-7H2,1H3;1H. The second-order valence-electron chi connectivity index (χ2n) is 5.38. The number of hydrogen-bond donors (Lipinski definition) is 1. The lowest BCUT2D eigenvalue weighted by Crippen LogP contribution is -2.27. The number of benzene rings is 1. The maximum absolute atomic E-state index is 13.4. The van der Waals surface area contributed by atoms with E-state index < -0.39 is 11.6 Å². The number of halogens is 3. The Bertz CT molecular complexity index is 658. The Balaban J connectivity index is 0.00000176. The third-order valence-corrected chi connectivity index (χ3v) is 3.83. The Morgan fingerprint density at radius 2 is 1.77 bits per heavy atom. The van der Waals surface area contributed by atoms with Gasteiger partial charge in [0, 0.05) is 17.2 Å². The lowest BCUT2D eigenvalue weighted by Gasteiger charge is -2.22. The van der Waals surface area contributed by atoms with E-state index in [1.807, 2.05) is 13.0 Å². The summed E-state index contributed by atoms with van der Waals surface area (Å²) in [6.07, 6.45) is 2.07. The van der Waals surface area contributed by atoms with Crippen molar-refractivity contribution in [1.82, 2.24) is 15.3 Å². The van der Waals surface area contributed by atoms with Gasteiger partial charge in [-0.25, -0.2) is 18.7 Å². The molecule has 0 unspecified atom stereocenters. The highest BCUT2D eigenvalue weighted by Crippen LogP contribution is 2.27. The quantitative estimate of drug-likeness (QED) is 0.916. The summed E-state index contributed by atoms with van der Waals surface area (Å²) in [5.41, 5.74) is 2.22. The van der Waals surface area contributed by atoms with Crippen molar-refractivity contribution in [2.45, 2.75) is 25.7 Å². The minimum atomic E-state index is -0.854. The maximum Gasteiger partial charge on any atom is 0.159 e. The zero-order valence-electron chi connectivity index (χ0n) is 12.3. The average Bonchev–Trinajstić information content (AvgIpc) is 2.50. The molecule has 1 aliphatic rings. The second-order valence-corrected chi connectivity index (χ2v) is 5.38. The van der Waals surface area contributed by atoms with Crippen molar-refractivity contribution in [3.63, 3.8) is 0 Å². The van der Waals surface area contributed by atoms with Crippen LogP contribution in [-0.2, 0) is 0 Å². The molecule has 1 aliphatic heterocycles. The molecule has 1 saturated heterocycles. The van der Waals surface area contributed by atoms with Crippen LogP contribution in [0.5, 0.6) is 0 Å². The van der Waals surface area contributed by atoms with E-state index in [4.69, 9.17) is 0 Å². The molecule has 2 heterocycles. The van der Waals surface area contributed by atoms with Crippen molar-refractivity contribution < 1.29 is 8.78 Å². The summed E-state index contributed by atoms with van der Waals surface area (Å²) in [4.78, 5) is 8.87. The first-order chi connectivity index (χ1) is 10.1. The highest BCUT2D eigenvalue weighted by atomic mass is 35.5. The summed E-state index contributed by atoms with van der Waals surface area (Å²) in [6.45, 7) is 3.79. The van der Waals surface area contributed by atoms with Gasteiger partial charge < -0.3 is 5.32 Å². The van der Waals surface area contributed by atoms with E-state index in [2.05, 4.69) is 15.3 Å². The number of hydrogen-bond acceptors (Lipinski definition) is 3. The van der Waals surface area contributed by atoms with Crippen LogP contribution in [0.25, 0.3) is 11.3 Å². The van der Waals surface area contributed by atoms with Crippen molar-refractivity contribution in [1.29, 1.82) is 0 Å².